The highest BCUT2D eigenvalue weighted by atomic mass is 35.5. The second-order valence-electron chi connectivity index (χ2n) is 5.66. The van der Waals surface area contributed by atoms with E-state index in [1.807, 2.05) is 0 Å². The lowest BCUT2D eigenvalue weighted by molar-refractivity contribution is -0.137. The number of anilines is 1. The first-order valence-electron chi connectivity index (χ1n) is 7.47. The predicted molar refractivity (Wildman–Crippen MR) is 102 cm³/mol. The van der Waals surface area contributed by atoms with Crippen molar-refractivity contribution in [1.82, 2.24) is 4.57 Å². The number of carboxylic acids is 1. The van der Waals surface area contributed by atoms with Gasteiger partial charge in [-0.05, 0) is 49.4 Å². The van der Waals surface area contributed by atoms with Gasteiger partial charge in [-0.25, -0.2) is 8.42 Å². The third kappa shape index (κ3) is 3.51. The van der Waals surface area contributed by atoms with Crippen molar-refractivity contribution in [2.24, 2.45) is 0 Å². The van der Waals surface area contributed by atoms with Crippen LogP contribution in [0.1, 0.15) is 5.69 Å². The minimum absolute atomic E-state index is 0.0439. The van der Waals surface area contributed by atoms with Crippen molar-refractivity contribution < 1.29 is 18.3 Å². The summed E-state index contributed by atoms with van der Waals surface area (Å²) in [6.07, 6.45) is 0. The van der Waals surface area contributed by atoms with Crippen LogP contribution >= 0.6 is 23.2 Å². The van der Waals surface area contributed by atoms with E-state index in [-0.39, 0.29) is 11.4 Å². The fourth-order valence-electron chi connectivity index (χ4n) is 2.73. The molecule has 9 heteroatoms. The topological polar surface area (TPSA) is 88.4 Å². The molecule has 3 aromatic rings. The van der Waals surface area contributed by atoms with Gasteiger partial charge < -0.3 is 9.67 Å². The third-order valence-electron chi connectivity index (χ3n) is 3.94. The Morgan fingerprint density at radius 3 is 2.35 bits per heavy atom. The van der Waals surface area contributed by atoms with Crippen LogP contribution in [0, 0.1) is 6.92 Å². The molecule has 0 unspecified atom stereocenters. The Kier molecular flexibility index (Phi) is 4.88. The summed E-state index contributed by atoms with van der Waals surface area (Å²) in [4.78, 5) is 11.2. The van der Waals surface area contributed by atoms with Crippen molar-refractivity contribution in [3.05, 3.63) is 58.2 Å². The van der Waals surface area contributed by atoms with Crippen LogP contribution in [0.15, 0.2) is 47.4 Å². The van der Waals surface area contributed by atoms with E-state index in [1.165, 1.54) is 28.8 Å². The van der Waals surface area contributed by atoms with E-state index >= 15 is 0 Å². The normalized spacial score (nSPS) is 11.7. The molecular formula is C17H14Cl2N2O4S. The van der Waals surface area contributed by atoms with Gasteiger partial charge in [0.2, 0.25) is 0 Å². The Hall–Kier alpha value is -2.22. The molecule has 1 aromatic heterocycles. The monoisotopic (exact) mass is 412 g/mol. The van der Waals surface area contributed by atoms with Crippen LogP contribution in [0.5, 0.6) is 0 Å². The number of halogens is 2. The van der Waals surface area contributed by atoms with E-state index in [1.54, 1.807) is 25.1 Å². The molecule has 0 amide bonds. The smallest absolute Gasteiger partial charge is 0.323 e. The lowest BCUT2D eigenvalue weighted by Gasteiger charge is -2.09. The lowest BCUT2D eigenvalue weighted by atomic mass is 10.2. The van der Waals surface area contributed by atoms with Crippen molar-refractivity contribution in [2.45, 2.75) is 18.4 Å². The number of rotatable bonds is 5. The minimum atomic E-state index is -3.88. The Balaban J connectivity index is 2.15. The largest absolute Gasteiger partial charge is 0.480 e. The first-order valence-corrected chi connectivity index (χ1v) is 9.71. The minimum Gasteiger partial charge on any atom is -0.480 e. The molecule has 136 valence electrons. The van der Waals surface area contributed by atoms with E-state index in [9.17, 15) is 13.2 Å². The van der Waals surface area contributed by atoms with Crippen molar-refractivity contribution in [3.8, 4) is 0 Å². The number of hydrogen-bond acceptors (Lipinski definition) is 3. The summed E-state index contributed by atoms with van der Waals surface area (Å²) in [6, 6.07) is 10.6. The Bertz CT molecular complexity index is 1110. The maximum Gasteiger partial charge on any atom is 0.323 e. The first-order chi connectivity index (χ1) is 12.2. The summed E-state index contributed by atoms with van der Waals surface area (Å²) >= 11 is 11.9. The number of aromatic nitrogens is 1. The fourth-order valence-corrected chi connectivity index (χ4v) is 4.17. The van der Waals surface area contributed by atoms with Gasteiger partial charge in [0.1, 0.15) is 6.54 Å². The molecule has 0 spiro atoms. The Morgan fingerprint density at radius 1 is 1.12 bits per heavy atom. The third-order valence-corrected chi connectivity index (χ3v) is 5.79. The average Bonchev–Trinajstić information content (AvgIpc) is 2.80. The van der Waals surface area contributed by atoms with Gasteiger partial charge in [0.05, 0.1) is 16.1 Å². The van der Waals surface area contributed by atoms with Gasteiger partial charge >= 0.3 is 5.97 Å². The molecule has 0 aliphatic rings. The van der Waals surface area contributed by atoms with Gasteiger partial charge in [0.25, 0.3) is 10.0 Å². The zero-order valence-electron chi connectivity index (χ0n) is 13.5. The summed E-state index contributed by atoms with van der Waals surface area (Å²) in [5.41, 5.74) is 1.34. The Morgan fingerprint density at radius 2 is 1.73 bits per heavy atom. The van der Waals surface area contributed by atoms with Gasteiger partial charge in [0.15, 0.2) is 0 Å². The number of sulfonamides is 1. The van der Waals surface area contributed by atoms with Crippen LogP contribution in [0.2, 0.25) is 10.0 Å². The summed E-state index contributed by atoms with van der Waals surface area (Å²) in [7, 11) is -3.88. The molecule has 1 heterocycles. The standard InChI is InChI=1S/C17H14Cl2N2O4S/c1-10-17(20-26(24,25)13-5-2-11(18)3-6-13)14-8-12(19)4-7-15(14)21(10)9-16(22)23/h2-8,20H,9H2,1H3,(H,22,23). The quantitative estimate of drug-likeness (QED) is 0.658. The van der Waals surface area contributed by atoms with Crippen LogP contribution in [-0.4, -0.2) is 24.1 Å². The van der Waals surface area contributed by atoms with Crippen LogP contribution in [-0.2, 0) is 21.4 Å². The summed E-state index contributed by atoms with van der Waals surface area (Å²) in [5, 5.41) is 10.5. The number of fused-ring (bicyclic) bond motifs is 1. The van der Waals surface area contributed by atoms with E-state index in [2.05, 4.69) is 4.72 Å². The van der Waals surface area contributed by atoms with Gasteiger partial charge in [-0.15, -0.1) is 0 Å². The molecule has 0 aliphatic heterocycles. The van der Waals surface area contributed by atoms with Crippen molar-refractivity contribution >= 4 is 55.8 Å². The van der Waals surface area contributed by atoms with Crippen molar-refractivity contribution in [2.75, 3.05) is 4.72 Å². The van der Waals surface area contributed by atoms with Gasteiger partial charge in [-0.1, -0.05) is 23.2 Å². The van der Waals surface area contributed by atoms with E-state index in [0.29, 0.717) is 32.3 Å². The van der Waals surface area contributed by atoms with Crippen LogP contribution in [0.3, 0.4) is 0 Å². The molecule has 0 atom stereocenters. The average molecular weight is 413 g/mol. The number of benzene rings is 2. The summed E-state index contributed by atoms with van der Waals surface area (Å²) in [6.45, 7) is 1.35. The molecule has 2 N–H and O–H groups in total. The number of nitrogens with zero attached hydrogens (tertiary/aromatic N) is 1. The van der Waals surface area contributed by atoms with Crippen LogP contribution in [0.25, 0.3) is 10.9 Å². The maximum absolute atomic E-state index is 12.7. The van der Waals surface area contributed by atoms with Crippen LogP contribution in [0.4, 0.5) is 5.69 Å². The Labute approximate surface area is 160 Å². The van der Waals surface area contributed by atoms with Crippen molar-refractivity contribution in [3.63, 3.8) is 0 Å². The number of carbonyl (C=O) groups is 1. The van der Waals surface area contributed by atoms with Gasteiger partial charge in [-0.2, -0.15) is 0 Å². The number of aliphatic carboxylic acids is 1. The maximum atomic E-state index is 12.7. The lowest BCUT2D eigenvalue weighted by Crippen LogP contribution is -2.14. The summed E-state index contributed by atoms with van der Waals surface area (Å²) < 4.78 is 29.5. The molecule has 0 aliphatic carbocycles. The van der Waals surface area contributed by atoms with Crippen LogP contribution < -0.4 is 4.72 Å². The molecule has 0 fully saturated rings. The number of carboxylic acid groups (broad SMARTS) is 1. The second-order valence-corrected chi connectivity index (χ2v) is 8.22. The molecule has 6 nitrogen and oxygen atoms in total. The van der Waals surface area contributed by atoms with E-state index in [4.69, 9.17) is 28.3 Å². The second kappa shape index (κ2) is 6.83. The van der Waals surface area contributed by atoms with E-state index in [0.717, 1.165) is 0 Å². The van der Waals surface area contributed by atoms with Gasteiger partial charge in [-0.3, -0.25) is 9.52 Å². The molecule has 0 bridgehead atoms. The zero-order valence-corrected chi connectivity index (χ0v) is 15.9. The summed E-state index contributed by atoms with van der Waals surface area (Å²) in [5.74, 6) is -1.04. The van der Waals surface area contributed by atoms with Gasteiger partial charge in [0, 0.05) is 21.1 Å². The molecule has 26 heavy (non-hydrogen) atoms. The number of nitrogens with one attached hydrogen (secondary N) is 1. The number of hydrogen-bond donors (Lipinski definition) is 2. The highest BCUT2D eigenvalue weighted by Crippen LogP contribution is 2.34. The molecule has 0 saturated heterocycles. The van der Waals surface area contributed by atoms with E-state index < -0.39 is 16.0 Å². The molecular weight excluding hydrogens is 399 g/mol. The first kappa shape index (κ1) is 18.6. The zero-order chi connectivity index (χ0) is 19.1. The predicted octanol–water partition coefficient (Wildman–Crippen LogP) is 4.14. The molecule has 3 rings (SSSR count). The fraction of sp³-hybridized carbons (Fsp3) is 0.118. The highest BCUT2D eigenvalue weighted by Gasteiger charge is 2.22. The molecule has 0 saturated carbocycles. The highest BCUT2D eigenvalue weighted by molar-refractivity contribution is 7.92. The molecule has 0 radical (unpaired) electrons. The molecule has 2 aromatic carbocycles. The van der Waals surface area contributed by atoms with Crippen molar-refractivity contribution in [1.29, 1.82) is 0 Å². The SMILES string of the molecule is Cc1c(NS(=O)(=O)c2ccc(Cl)cc2)c2cc(Cl)ccc2n1CC(=O)O.